The van der Waals surface area contributed by atoms with Crippen molar-refractivity contribution in [2.75, 3.05) is 52.9 Å². The van der Waals surface area contributed by atoms with Crippen LogP contribution in [-0.2, 0) is 9.59 Å². The molecule has 0 aromatic carbocycles. The van der Waals surface area contributed by atoms with Crippen LogP contribution in [-0.4, -0.2) is 79.4 Å². The summed E-state index contributed by atoms with van der Waals surface area (Å²) in [6, 6.07) is 0. The third kappa shape index (κ3) is 2.81. The molecule has 2 N–H and O–H groups in total. The fourth-order valence-electron chi connectivity index (χ4n) is 2.59. The summed E-state index contributed by atoms with van der Waals surface area (Å²) >= 11 is 0. The van der Waals surface area contributed by atoms with E-state index in [4.69, 9.17) is 5.73 Å². The van der Waals surface area contributed by atoms with E-state index in [1.807, 2.05) is 4.90 Å². The van der Waals surface area contributed by atoms with Crippen LogP contribution < -0.4 is 5.73 Å². The summed E-state index contributed by atoms with van der Waals surface area (Å²) < 4.78 is 0. The maximum absolute atomic E-state index is 12.3. The Kier molecular flexibility index (Phi) is 4.19. The minimum atomic E-state index is -0.160. The van der Waals surface area contributed by atoms with Gasteiger partial charge in [0.2, 0.25) is 11.8 Å². The van der Waals surface area contributed by atoms with Crippen molar-refractivity contribution in [3.63, 3.8) is 0 Å². The van der Waals surface area contributed by atoms with E-state index in [9.17, 15) is 9.59 Å². The lowest BCUT2D eigenvalue weighted by Gasteiger charge is -2.33. The van der Waals surface area contributed by atoms with E-state index in [2.05, 4.69) is 11.9 Å². The highest BCUT2D eigenvalue weighted by atomic mass is 16.2. The molecule has 6 nitrogen and oxygen atoms in total. The summed E-state index contributed by atoms with van der Waals surface area (Å²) in [4.78, 5) is 29.8. The molecule has 0 spiro atoms. The lowest BCUT2D eigenvalue weighted by atomic mass is 10.1. The molecule has 2 aliphatic heterocycles. The Morgan fingerprint density at radius 1 is 1.33 bits per heavy atom. The topological polar surface area (TPSA) is 69.9 Å². The van der Waals surface area contributed by atoms with Gasteiger partial charge in [-0.15, -0.1) is 0 Å². The highest BCUT2D eigenvalue weighted by Crippen LogP contribution is 2.20. The molecule has 0 aromatic rings. The number of hydrogen-bond acceptors (Lipinski definition) is 4. The molecule has 2 rings (SSSR count). The second-order valence-electron chi connectivity index (χ2n) is 5.16. The predicted molar refractivity (Wildman–Crippen MR) is 67.8 cm³/mol. The number of nitrogens with zero attached hydrogens (tertiary/aromatic N) is 3. The lowest BCUT2D eigenvalue weighted by molar-refractivity contribution is -0.137. The quantitative estimate of drug-likeness (QED) is 0.670. The molecule has 2 heterocycles. The van der Waals surface area contributed by atoms with Crippen molar-refractivity contribution in [2.24, 2.45) is 11.7 Å². The molecule has 0 aliphatic carbocycles. The van der Waals surface area contributed by atoms with Crippen molar-refractivity contribution >= 4 is 11.8 Å². The van der Waals surface area contributed by atoms with Crippen LogP contribution in [0.2, 0.25) is 0 Å². The highest BCUT2D eigenvalue weighted by molar-refractivity contribution is 5.89. The van der Waals surface area contributed by atoms with Gasteiger partial charge in [0.1, 0.15) is 0 Å². The van der Waals surface area contributed by atoms with Crippen molar-refractivity contribution in [3.05, 3.63) is 0 Å². The number of nitrogens with two attached hydrogens (primary N) is 1. The van der Waals surface area contributed by atoms with Gasteiger partial charge in [-0.1, -0.05) is 0 Å². The van der Waals surface area contributed by atoms with E-state index in [0.717, 1.165) is 26.2 Å². The largest absolute Gasteiger partial charge is 0.341 e. The van der Waals surface area contributed by atoms with Crippen molar-refractivity contribution < 1.29 is 9.59 Å². The average Bonchev–Trinajstić information content (AvgIpc) is 2.72. The van der Waals surface area contributed by atoms with Crippen LogP contribution in [0.15, 0.2) is 0 Å². The molecule has 18 heavy (non-hydrogen) atoms. The summed E-state index contributed by atoms with van der Waals surface area (Å²) in [7, 11) is 2.06. The number of likely N-dealkylation sites (tertiary alicyclic amines) is 1. The molecule has 0 aromatic heterocycles. The van der Waals surface area contributed by atoms with Crippen molar-refractivity contribution in [1.82, 2.24) is 14.7 Å². The zero-order valence-corrected chi connectivity index (χ0v) is 11.0. The monoisotopic (exact) mass is 254 g/mol. The summed E-state index contributed by atoms with van der Waals surface area (Å²) in [5.41, 5.74) is 5.46. The molecular weight excluding hydrogens is 232 g/mol. The summed E-state index contributed by atoms with van der Waals surface area (Å²) in [6.07, 6.45) is 0.352. The van der Waals surface area contributed by atoms with Crippen LogP contribution in [0, 0.1) is 5.92 Å². The Balaban J connectivity index is 1.88. The Morgan fingerprint density at radius 3 is 2.61 bits per heavy atom. The number of amides is 2. The molecule has 1 unspecified atom stereocenters. The van der Waals surface area contributed by atoms with Crippen LogP contribution in [0.3, 0.4) is 0 Å². The number of carbonyl (C=O) groups excluding carboxylic acids is 2. The Hall–Kier alpha value is -1.14. The van der Waals surface area contributed by atoms with Crippen LogP contribution >= 0.6 is 0 Å². The number of carbonyl (C=O) groups is 2. The maximum Gasteiger partial charge on any atom is 0.228 e. The van der Waals surface area contributed by atoms with E-state index < -0.39 is 0 Å². The Morgan fingerprint density at radius 2 is 2.00 bits per heavy atom. The summed E-state index contributed by atoms with van der Waals surface area (Å²) in [5.74, 6) is 0.0383. The molecule has 0 radical (unpaired) electrons. The zero-order valence-electron chi connectivity index (χ0n) is 11.0. The summed E-state index contributed by atoms with van der Waals surface area (Å²) in [5, 5.41) is 0. The fraction of sp³-hybridized carbons (Fsp3) is 0.833. The van der Waals surface area contributed by atoms with E-state index in [-0.39, 0.29) is 17.7 Å². The third-order valence-electron chi connectivity index (χ3n) is 3.78. The first-order valence-corrected chi connectivity index (χ1v) is 6.57. The van der Waals surface area contributed by atoms with Gasteiger partial charge in [0.25, 0.3) is 0 Å². The Bertz CT molecular complexity index is 326. The maximum atomic E-state index is 12.3. The second kappa shape index (κ2) is 5.67. The third-order valence-corrected chi connectivity index (χ3v) is 3.78. The predicted octanol–water partition coefficient (Wildman–Crippen LogP) is -1.43. The zero-order chi connectivity index (χ0) is 13.1. The molecule has 0 saturated carbocycles. The Labute approximate surface area is 108 Å². The standard InChI is InChI=1S/C12H22N4O2/c1-14-4-6-15(7-5-14)12(18)10-8-11(17)16(9-10)3-2-13/h10H,2-9,13H2,1H3. The number of rotatable bonds is 3. The van der Waals surface area contributed by atoms with Gasteiger partial charge < -0.3 is 20.4 Å². The lowest BCUT2D eigenvalue weighted by Crippen LogP contribution is -2.49. The molecule has 102 valence electrons. The highest BCUT2D eigenvalue weighted by Gasteiger charge is 2.36. The minimum absolute atomic E-state index is 0.0629. The van der Waals surface area contributed by atoms with Crippen molar-refractivity contribution in [3.8, 4) is 0 Å². The normalized spacial score (nSPS) is 25.9. The number of hydrogen-bond donors (Lipinski definition) is 1. The molecule has 0 bridgehead atoms. The molecule has 2 saturated heterocycles. The second-order valence-corrected chi connectivity index (χ2v) is 5.16. The van der Waals surface area contributed by atoms with Gasteiger partial charge >= 0.3 is 0 Å². The summed E-state index contributed by atoms with van der Waals surface area (Å²) in [6.45, 7) is 4.94. The average molecular weight is 254 g/mol. The van der Waals surface area contributed by atoms with Gasteiger partial charge in [0.15, 0.2) is 0 Å². The van der Waals surface area contributed by atoms with E-state index in [1.54, 1.807) is 4.90 Å². The van der Waals surface area contributed by atoms with Gasteiger partial charge in [-0.25, -0.2) is 0 Å². The SMILES string of the molecule is CN1CCN(C(=O)C2CC(=O)N(CCN)C2)CC1. The first kappa shape index (κ1) is 13.3. The number of piperazine rings is 1. The first-order chi connectivity index (χ1) is 8.61. The van der Waals surface area contributed by atoms with Crippen LogP contribution in [0.4, 0.5) is 0 Å². The van der Waals surface area contributed by atoms with E-state index in [0.29, 0.717) is 26.1 Å². The number of likely N-dealkylation sites (N-methyl/N-ethyl adjacent to an activating group) is 1. The molecule has 2 amide bonds. The van der Waals surface area contributed by atoms with Gasteiger partial charge in [-0.05, 0) is 7.05 Å². The van der Waals surface area contributed by atoms with Gasteiger partial charge in [0, 0.05) is 52.2 Å². The van der Waals surface area contributed by atoms with E-state index >= 15 is 0 Å². The molecular formula is C12H22N4O2. The molecule has 1 atom stereocenters. The minimum Gasteiger partial charge on any atom is -0.341 e. The van der Waals surface area contributed by atoms with E-state index in [1.165, 1.54) is 0 Å². The molecule has 2 aliphatic rings. The van der Waals surface area contributed by atoms with Gasteiger partial charge in [0.05, 0.1) is 5.92 Å². The first-order valence-electron chi connectivity index (χ1n) is 6.57. The van der Waals surface area contributed by atoms with Crippen LogP contribution in [0.1, 0.15) is 6.42 Å². The van der Waals surface area contributed by atoms with Crippen molar-refractivity contribution in [2.45, 2.75) is 6.42 Å². The molecule has 6 heteroatoms. The van der Waals surface area contributed by atoms with Gasteiger partial charge in [-0.2, -0.15) is 0 Å². The van der Waals surface area contributed by atoms with Gasteiger partial charge in [-0.3, -0.25) is 9.59 Å². The van der Waals surface area contributed by atoms with Crippen LogP contribution in [0.25, 0.3) is 0 Å². The fourth-order valence-corrected chi connectivity index (χ4v) is 2.59. The molecule has 2 fully saturated rings. The smallest absolute Gasteiger partial charge is 0.228 e. The van der Waals surface area contributed by atoms with Crippen molar-refractivity contribution in [1.29, 1.82) is 0 Å². The van der Waals surface area contributed by atoms with Crippen LogP contribution in [0.5, 0.6) is 0 Å².